The summed E-state index contributed by atoms with van der Waals surface area (Å²) >= 11 is 1.66. The zero-order valence-electron chi connectivity index (χ0n) is 13.2. The maximum absolute atomic E-state index is 12.5. The lowest BCUT2D eigenvalue weighted by atomic mass is 9.93. The summed E-state index contributed by atoms with van der Waals surface area (Å²) in [5.74, 6) is 0.524. The van der Waals surface area contributed by atoms with Crippen LogP contribution in [0.2, 0.25) is 0 Å². The van der Waals surface area contributed by atoms with Crippen molar-refractivity contribution < 1.29 is 4.79 Å². The normalized spacial score (nSPS) is 23.5. The number of aromatic nitrogens is 1. The Morgan fingerprint density at radius 1 is 1.14 bits per heavy atom. The summed E-state index contributed by atoms with van der Waals surface area (Å²) < 4.78 is 1.13. The quantitative estimate of drug-likeness (QED) is 0.866. The first-order valence-corrected chi connectivity index (χ1v) is 9.27. The van der Waals surface area contributed by atoms with Gasteiger partial charge in [-0.05, 0) is 42.3 Å². The minimum atomic E-state index is -0.0239. The van der Waals surface area contributed by atoms with Gasteiger partial charge in [0.05, 0.1) is 10.2 Å². The molecule has 1 amide bonds. The summed E-state index contributed by atoms with van der Waals surface area (Å²) in [4.78, 5) is 17.0. The van der Waals surface area contributed by atoms with E-state index in [2.05, 4.69) is 17.2 Å². The summed E-state index contributed by atoms with van der Waals surface area (Å²) in [6, 6.07) is 6.09. The van der Waals surface area contributed by atoms with Crippen molar-refractivity contribution in [1.82, 2.24) is 10.3 Å². The number of rotatable bonds is 2. The lowest BCUT2D eigenvalue weighted by molar-refractivity contribution is 0.0914. The van der Waals surface area contributed by atoms with Gasteiger partial charge in [0.25, 0.3) is 5.91 Å². The zero-order valence-corrected chi connectivity index (χ0v) is 14.0. The molecular weight excluding hydrogens is 292 g/mol. The van der Waals surface area contributed by atoms with E-state index in [1.54, 1.807) is 11.3 Å². The predicted molar refractivity (Wildman–Crippen MR) is 92.4 cm³/mol. The molecule has 22 heavy (non-hydrogen) atoms. The Morgan fingerprint density at radius 3 is 2.77 bits per heavy atom. The molecule has 1 aliphatic rings. The topological polar surface area (TPSA) is 42.0 Å². The van der Waals surface area contributed by atoms with Crippen molar-refractivity contribution >= 4 is 27.5 Å². The first-order chi connectivity index (χ1) is 10.7. The third kappa shape index (κ3) is 3.67. The molecule has 1 aliphatic carbocycles. The first kappa shape index (κ1) is 15.5. The Hall–Kier alpha value is -1.42. The van der Waals surface area contributed by atoms with E-state index >= 15 is 0 Å². The monoisotopic (exact) mass is 316 g/mol. The minimum absolute atomic E-state index is 0.0239. The van der Waals surface area contributed by atoms with E-state index in [9.17, 15) is 4.79 Å². The van der Waals surface area contributed by atoms with Crippen LogP contribution in [0.3, 0.4) is 0 Å². The van der Waals surface area contributed by atoms with Gasteiger partial charge in [0.15, 0.2) is 0 Å². The van der Waals surface area contributed by atoms with Crippen LogP contribution < -0.4 is 5.32 Å². The van der Waals surface area contributed by atoms with E-state index in [-0.39, 0.29) is 11.9 Å². The molecule has 2 unspecified atom stereocenters. The van der Waals surface area contributed by atoms with Crippen molar-refractivity contribution in [3.63, 3.8) is 0 Å². The molecule has 0 bridgehead atoms. The van der Waals surface area contributed by atoms with Gasteiger partial charge in [-0.1, -0.05) is 39.0 Å². The van der Waals surface area contributed by atoms with Gasteiger partial charge < -0.3 is 5.32 Å². The molecule has 0 radical (unpaired) electrons. The second-order valence-corrected chi connectivity index (χ2v) is 7.35. The fourth-order valence-electron chi connectivity index (χ4n) is 3.28. The molecule has 1 saturated carbocycles. The van der Waals surface area contributed by atoms with Gasteiger partial charge in [0, 0.05) is 6.04 Å². The SMILES string of the molecule is CC1CCCCCCCC1NC(=O)c1ccc2sccc2n1. The standard InChI is InChI=1S/C18H24N2OS/c1-13-7-5-3-2-4-6-8-14(13)20-18(21)16-9-10-17-15(19-16)11-12-22-17/h9-14H,2-8H2,1H3,(H,20,21). The van der Waals surface area contributed by atoms with Crippen LogP contribution in [-0.4, -0.2) is 16.9 Å². The van der Waals surface area contributed by atoms with Gasteiger partial charge >= 0.3 is 0 Å². The largest absolute Gasteiger partial charge is 0.348 e. The summed E-state index contributed by atoms with van der Waals surface area (Å²) in [6.45, 7) is 2.27. The van der Waals surface area contributed by atoms with E-state index < -0.39 is 0 Å². The molecule has 2 heterocycles. The molecule has 2 aromatic rings. The van der Waals surface area contributed by atoms with Crippen molar-refractivity contribution in [2.24, 2.45) is 5.92 Å². The summed E-state index contributed by atoms with van der Waals surface area (Å²) in [5.41, 5.74) is 1.46. The van der Waals surface area contributed by atoms with Crippen molar-refractivity contribution in [1.29, 1.82) is 0 Å². The smallest absolute Gasteiger partial charge is 0.270 e. The molecule has 2 atom stereocenters. The van der Waals surface area contributed by atoms with Crippen LogP contribution in [0, 0.1) is 5.92 Å². The van der Waals surface area contributed by atoms with Gasteiger partial charge in [-0.15, -0.1) is 11.3 Å². The molecule has 0 spiro atoms. The number of carbonyl (C=O) groups is 1. The second-order valence-electron chi connectivity index (χ2n) is 6.40. The highest BCUT2D eigenvalue weighted by molar-refractivity contribution is 7.17. The summed E-state index contributed by atoms with van der Waals surface area (Å²) in [7, 11) is 0. The first-order valence-electron chi connectivity index (χ1n) is 8.39. The summed E-state index contributed by atoms with van der Waals surface area (Å²) in [5, 5.41) is 5.25. The number of thiophene rings is 1. The molecule has 1 fully saturated rings. The molecule has 118 valence electrons. The van der Waals surface area contributed by atoms with Crippen molar-refractivity contribution in [3.8, 4) is 0 Å². The Bertz CT molecular complexity index is 637. The average Bonchev–Trinajstić information content (AvgIpc) is 3.01. The van der Waals surface area contributed by atoms with E-state index in [0.717, 1.165) is 16.6 Å². The predicted octanol–water partition coefficient (Wildman–Crippen LogP) is 4.78. The van der Waals surface area contributed by atoms with Gasteiger partial charge in [-0.2, -0.15) is 0 Å². The number of carbonyl (C=O) groups excluding carboxylic acids is 1. The van der Waals surface area contributed by atoms with Gasteiger partial charge in [0.2, 0.25) is 0 Å². The minimum Gasteiger partial charge on any atom is -0.348 e. The number of nitrogens with one attached hydrogen (secondary N) is 1. The Morgan fingerprint density at radius 2 is 1.91 bits per heavy atom. The molecule has 0 saturated heterocycles. The Balaban J connectivity index is 1.70. The van der Waals surface area contributed by atoms with Gasteiger partial charge in [0.1, 0.15) is 5.69 Å². The molecule has 4 heteroatoms. The van der Waals surface area contributed by atoms with Gasteiger partial charge in [-0.3, -0.25) is 4.79 Å². The number of fused-ring (bicyclic) bond motifs is 1. The van der Waals surface area contributed by atoms with Crippen LogP contribution in [0.5, 0.6) is 0 Å². The molecule has 0 aliphatic heterocycles. The van der Waals surface area contributed by atoms with Crippen LogP contribution in [0.4, 0.5) is 0 Å². The summed E-state index contributed by atoms with van der Waals surface area (Å²) in [6.07, 6.45) is 8.76. The highest BCUT2D eigenvalue weighted by atomic mass is 32.1. The van der Waals surface area contributed by atoms with Gasteiger partial charge in [-0.25, -0.2) is 4.98 Å². The number of hydrogen-bond donors (Lipinski definition) is 1. The van der Waals surface area contributed by atoms with Crippen LogP contribution in [-0.2, 0) is 0 Å². The maximum atomic E-state index is 12.5. The maximum Gasteiger partial charge on any atom is 0.270 e. The number of pyridine rings is 1. The zero-order chi connectivity index (χ0) is 15.4. The average molecular weight is 316 g/mol. The van der Waals surface area contributed by atoms with Crippen LogP contribution in [0.25, 0.3) is 10.2 Å². The highest BCUT2D eigenvalue weighted by Gasteiger charge is 2.21. The molecule has 0 aromatic carbocycles. The number of nitrogens with zero attached hydrogens (tertiary/aromatic N) is 1. The highest BCUT2D eigenvalue weighted by Crippen LogP contribution is 2.23. The van der Waals surface area contributed by atoms with Crippen molar-refractivity contribution in [2.75, 3.05) is 0 Å². The Kier molecular flexibility index (Phi) is 5.08. The third-order valence-corrected chi connectivity index (χ3v) is 5.59. The van der Waals surface area contributed by atoms with Crippen LogP contribution >= 0.6 is 11.3 Å². The van der Waals surface area contributed by atoms with E-state index in [1.807, 2.05) is 23.6 Å². The van der Waals surface area contributed by atoms with E-state index in [4.69, 9.17) is 0 Å². The Labute approximate surface area is 136 Å². The lowest BCUT2D eigenvalue weighted by Crippen LogP contribution is -2.39. The van der Waals surface area contributed by atoms with Crippen LogP contribution in [0.1, 0.15) is 62.4 Å². The molecular formula is C18H24N2OS. The number of hydrogen-bond acceptors (Lipinski definition) is 3. The van der Waals surface area contributed by atoms with Crippen molar-refractivity contribution in [2.45, 2.75) is 57.9 Å². The molecule has 3 nitrogen and oxygen atoms in total. The molecule has 1 N–H and O–H groups in total. The van der Waals surface area contributed by atoms with Crippen LogP contribution in [0.15, 0.2) is 23.6 Å². The van der Waals surface area contributed by atoms with Crippen molar-refractivity contribution in [3.05, 3.63) is 29.3 Å². The number of amides is 1. The fraction of sp³-hybridized carbons (Fsp3) is 0.556. The van der Waals surface area contributed by atoms with E-state index in [0.29, 0.717) is 11.6 Å². The molecule has 2 aromatic heterocycles. The molecule has 3 rings (SSSR count). The lowest BCUT2D eigenvalue weighted by Gasteiger charge is -2.24. The second kappa shape index (κ2) is 7.23. The third-order valence-electron chi connectivity index (χ3n) is 4.72. The van der Waals surface area contributed by atoms with E-state index in [1.165, 1.54) is 38.5 Å². The fourth-order valence-corrected chi connectivity index (χ4v) is 4.01.